The lowest BCUT2D eigenvalue weighted by Crippen LogP contribution is -2.31. The Kier molecular flexibility index (Phi) is 4.79. The molecule has 2 atom stereocenters. The van der Waals surface area contributed by atoms with Crippen molar-refractivity contribution in [2.75, 3.05) is 25.2 Å². The molecular formula is C19H24N2O4S. The second-order valence-electron chi connectivity index (χ2n) is 7.00. The summed E-state index contributed by atoms with van der Waals surface area (Å²) in [5.41, 5.74) is 2.25. The molecule has 0 aliphatic carbocycles. The third kappa shape index (κ3) is 3.81. The standard InChI is InChI=1S/C19H24N2O4S/c1-21(16-8-10-26(22,23)13-16)11-14-4-6-15(7-5-14)18-12-24-17-3-2-9-20-19(17)25-18/h2-7,9,16,18,22-23H,8,10-13H2,1H3/t16?,18-/m1/s1. The maximum Gasteiger partial charge on any atom is 0.257 e. The van der Waals surface area contributed by atoms with E-state index in [1.165, 1.54) is 5.56 Å². The minimum absolute atomic E-state index is 0.160. The van der Waals surface area contributed by atoms with E-state index < -0.39 is 10.6 Å². The molecule has 26 heavy (non-hydrogen) atoms. The second-order valence-corrected chi connectivity index (χ2v) is 9.34. The van der Waals surface area contributed by atoms with Crippen molar-refractivity contribution in [3.8, 4) is 11.6 Å². The van der Waals surface area contributed by atoms with Crippen LogP contribution in [-0.2, 0) is 6.54 Å². The molecular weight excluding hydrogens is 352 g/mol. The SMILES string of the molecule is CN(Cc1ccc([C@H]2COc3cccnc3O2)cc1)C1CCS(O)(O)C1. The normalized spacial score (nSPS) is 25.2. The third-order valence-corrected chi connectivity index (χ3v) is 6.83. The molecule has 0 radical (unpaired) electrons. The molecule has 0 bridgehead atoms. The molecule has 4 rings (SSSR count). The van der Waals surface area contributed by atoms with Gasteiger partial charge in [0, 0.05) is 24.5 Å². The molecule has 0 saturated carbocycles. The smallest absolute Gasteiger partial charge is 0.257 e. The molecule has 0 spiro atoms. The summed E-state index contributed by atoms with van der Waals surface area (Å²) in [6.07, 6.45) is 2.38. The molecule has 0 amide bonds. The van der Waals surface area contributed by atoms with Crippen LogP contribution in [0.25, 0.3) is 0 Å². The highest BCUT2D eigenvalue weighted by atomic mass is 32.3. The van der Waals surface area contributed by atoms with Crippen molar-refractivity contribution in [1.29, 1.82) is 0 Å². The number of benzene rings is 1. The number of ether oxygens (including phenoxy) is 2. The van der Waals surface area contributed by atoms with Gasteiger partial charge in [-0.05, 0) is 36.7 Å². The Labute approximate surface area is 155 Å². The number of nitrogens with zero attached hydrogens (tertiary/aromatic N) is 2. The Morgan fingerprint density at radius 1 is 1.23 bits per heavy atom. The molecule has 1 aromatic carbocycles. The van der Waals surface area contributed by atoms with Gasteiger partial charge in [0.1, 0.15) is 6.61 Å². The Bertz CT molecular complexity index is 768. The number of hydrogen-bond donors (Lipinski definition) is 2. The number of hydrogen-bond acceptors (Lipinski definition) is 6. The second kappa shape index (κ2) is 7.08. The Hall–Kier alpha value is -1.80. The van der Waals surface area contributed by atoms with Gasteiger partial charge in [0.25, 0.3) is 5.88 Å². The maximum atomic E-state index is 9.81. The molecule has 1 unspecified atom stereocenters. The van der Waals surface area contributed by atoms with Crippen LogP contribution in [0.1, 0.15) is 23.7 Å². The van der Waals surface area contributed by atoms with E-state index in [9.17, 15) is 9.11 Å². The van der Waals surface area contributed by atoms with Crippen molar-refractivity contribution >= 4 is 10.6 Å². The minimum atomic E-state index is -2.36. The topological polar surface area (TPSA) is 75.1 Å². The number of aromatic nitrogens is 1. The summed E-state index contributed by atoms with van der Waals surface area (Å²) in [6.45, 7) is 1.25. The molecule has 140 valence electrons. The molecule has 1 fully saturated rings. The fourth-order valence-electron chi connectivity index (χ4n) is 3.47. The number of fused-ring (bicyclic) bond motifs is 1. The van der Waals surface area contributed by atoms with Crippen molar-refractivity contribution in [3.05, 3.63) is 53.7 Å². The summed E-state index contributed by atoms with van der Waals surface area (Å²) in [6, 6.07) is 12.2. The van der Waals surface area contributed by atoms with Crippen molar-refractivity contribution in [1.82, 2.24) is 9.88 Å². The van der Waals surface area contributed by atoms with Crippen molar-refractivity contribution in [2.45, 2.75) is 25.1 Å². The molecule has 6 nitrogen and oxygen atoms in total. The molecule has 7 heteroatoms. The lowest BCUT2D eigenvalue weighted by Gasteiger charge is -2.29. The van der Waals surface area contributed by atoms with E-state index in [1.54, 1.807) is 6.20 Å². The first-order valence-corrected chi connectivity index (χ1v) is 10.7. The van der Waals surface area contributed by atoms with E-state index in [4.69, 9.17) is 9.47 Å². The molecule has 2 aliphatic rings. The summed E-state index contributed by atoms with van der Waals surface area (Å²) in [4.78, 5) is 6.42. The van der Waals surface area contributed by atoms with Gasteiger partial charge in [0.15, 0.2) is 11.9 Å². The fraction of sp³-hybridized carbons (Fsp3) is 0.421. The molecule has 1 saturated heterocycles. The van der Waals surface area contributed by atoms with Gasteiger partial charge in [0.2, 0.25) is 0 Å². The molecule has 2 aromatic rings. The highest BCUT2D eigenvalue weighted by Gasteiger charge is 2.31. The number of pyridine rings is 1. The summed E-state index contributed by atoms with van der Waals surface area (Å²) in [7, 11) is -0.315. The minimum Gasteiger partial charge on any atom is -0.484 e. The Morgan fingerprint density at radius 3 is 2.77 bits per heavy atom. The zero-order valence-corrected chi connectivity index (χ0v) is 15.6. The fourth-order valence-corrected chi connectivity index (χ4v) is 5.33. The van der Waals surface area contributed by atoms with Crippen molar-refractivity contribution in [3.63, 3.8) is 0 Å². The van der Waals surface area contributed by atoms with Gasteiger partial charge in [-0.2, -0.15) is 10.6 Å². The highest BCUT2D eigenvalue weighted by molar-refractivity contribution is 8.24. The lowest BCUT2D eigenvalue weighted by atomic mass is 10.1. The van der Waals surface area contributed by atoms with Crippen LogP contribution in [0.3, 0.4) is 0 Å². The van der Waals surface area contributed by atoms with E-state index >= 15 is 0 Å². The van der Waals surface area contributed by atoms with Gasteiger partial charge < -0.3 is 9.47 Å². The van der Waals surface area contributed by atoms with Crippen LogP contribution in [-0.4, -0.2) is 50.2 Å². The quantitative estimate of drug-likeness (QED) is 0.850. The first kappa shape index (κ1) is 17.6. The summed E-state index contributed by atoms with van der Waals surface area (Å²) < 4.78 is 31.3. The van der Waals surface area contributed by atoms with Crippen molar-refractivity contribution < 1.29 is 18.6 Å². The van der Waals surface area contributed by atoms with E-state index in [0.717, 1.165) is 18.5 Å². The zero-order chi connectivity index (χ0) is 18.1. The summed E-state index contributed by atoms with van der Waals surface area (Å²) in [5, 5.41) is 0. The van der Waals surface area contributed by atoms with Gasteiger partial charge in [-0.1, -0.05) is 24.3 Å². The third-order valence-electron chi connectivity index (χ3n) is 5.02. The van der Waals surface area contributed by atoms with Crippen LogP contribution < -0.4 is 9.47 Å². The van der Waals surface area contributed by atoms with E-state index in [2.05, 4.69) is 34.1 Å². The predicted octanol–water partition coefficient (Wildman–Crippen LogP) is 3.55. The Balaban J connectivity index is 1.38. The lowest BCUT2D eigenvalue weighted by molar-refractivity contribution is 0.0851. The first-order valence-electron chi connectivity index (χ1n) is 8.77. The van der Waals surface area contributed by atoms with Gasteiger partial charge in [-0.15, -0.1) is 0 Å². The van der Waals surface area contributed by atoms with Crippen LogP contribution in [0.2, 0.25) is 0 Å². The maximum absolute atomic E-state index is 9.81. The number of rotatable bonds is 4. The summed E-state index contributed by atoms with van der Waals surface area (Å²) >= 11 is 0. The van der Waals surface area contributed by atoms with Crippen LogP contribution in [0.4, 0.5) is 0 Å². The van der Waals surface area contributed by atoms with Crippen molar-refractivity contribution in [2.24, 2.45) is 0 Å². The van der Waals surface area contributed by atoms with Gasteiger partial charge in [-0.25, -0.2) is 4.98 Å². The molecule has 2 aliphatic heterocycles. The van der Waals surface area contributed by atoms with Crippen LogP contribution in [0.5, 0.6) is 11.6 Å². The van der Waals surface area contributed by atoms with Crippen LogP contribution >= 0.6 is 10.6 Å². The van der Waals surface area contributed by atoms with E-state index in [0.29, 0.717) is 29.7 Å². The van der Waals surface area contributed by atoms with E-state index in [-0.39, 0.29) is 12.1 Å². The predicted molar refractivity (Wildman–Crippen MR) is 102 cm³/mol. The molecule has 2 N–H and O–H groups in total. The average molecular weight is 376 g/mol. The summed E-state index contributed by atoms with van der Waals surface area (Å²) in [5.74, 6) is 2.23. The van der Waals surface area contributed by atoms with Gasteiger partial charge in [0.05, 0.1) is 5.75 Å². The Morgan fingerprint density at radius 2 is 2.04 bits per heavy atom. The molecule has 3 heterocycles. The van der Waals surface area contributed by atoms with Crippen LogP contribution in [0, 0.1) is 0 Å². The van der Waals surface area contributed by atoms with Crippen LogP contribution in [0.15, 0.2) is 42.6 Å². The van der Waals surface area contributed by atoms with Gasteiger partial charge in [-0.3, -0.25) is 14.0 Å². The van der Waals surface area contributed by atoms with E-state index in [1.807, 2.05) is 19.2 Å². The zero-order valence-electron chi connectivity index (χ0n) is 14.7. The molecule has 1 aromatic heterocycles. The highest BCUT2D eigenvalue weighted by Crippen LogP contribution is 2.47. The average Bonchev–Trinajstić information content (AvgIpc) is 3.02. The monoisotopic (exact) mass is 376 g/mol. The first-order chi connectivity index (χ1) is 12.5. The largest absolute Gasteiger partial charge is 0.484 e. The van der Waals surface area contributed by atoms with Gasteiger partial charge >= 0.3 is 0 Å².